The molecule has 0 aromatic carbocycles. The second-order valence-electron chi connectivity index (χ2n) is 21.7. The van der Waals surface area contributed by atoms with Gasteiger partial charge in [0.15, 0.2) is 6.10 Å². The molecule has 0 aliphatic carbocycles. The Hall–Kier alpha value is -1.85. The van der Waals surface area contributed by atoms with E-state index in [-0.39, 0.29) is 31.1 Å². The zero-order chi connectivity index (χ0) is 50.7. The predicted octanol–water partition coefficient (Wildman–Crippen LogP) is 21.3. The molecule has 6 nitrogen and oxygen atoms in total. The highest BCUT2D eigenvalue weighted by molar-refractivity contribution is 5.71. The Labute approximate surface area is 437 Å². The van der Waals surface area contributed by atoms with Crippen molar-refractivity contribution in [3.8, 4) is 0 Å². The fraction of sp³-hybridized carbons (Fsp3) is 0.922. The van der Waals surface area contributed by atoms with E-state index in [2.05, 4.69) is 32.9 Å². The third-order valence-electron chi connectivity index (χ3n) is 14.5. The number of unbranched alkanes of at least 4 members (excludes halogenated alkanes) is 46. The lowest BCUT2D eigenvalue weighted by Gasteiger charge is -2.18. The monoisotopic (exact) mass is 987 g/mol. The largest absolute Gasteiger partial charge is 0.462 e. The van der Waals surface area contributed by atoms with Crippen molar-refractivity contribution in [3.63, 3.8) is 0 Å². The number of esters is 3. The Kier molecular flexibility index (Phi) is 58.1. The van der Waals surface area contributed by atoms with E-state index in [0.29, 0.717) is 19.3 Å². The van der Waals surface area contributed by atoms with Crippen LogP contribution in [0.15, 0.2) is 12.2 Å². The van der Waals surface area contributed by atoms with E-state index in [4.69, 9.17) is 14.2 Å². The second-order valence-corrected chi connectivity index (χ2v) is 21.7. The minimum atomic E-state index is -0.768. The standard InChI is InChI=1S/C64H122O6/c1-4-7-10-13-16-19-22-25-28-30-32-34-36-39-42-45-48-51-54-57-63(66)69-60-61(59-68-62(65)56-53-50-47-44-41-38-27-24-21-18-15-12-9-6-3)70-64(67)58-55-52-49-46-43-40-37-35-33-31-29-26-23-20-17-14-11-8-5-2/h24,27,61H,4-23,25-26,28-60H2,1-3H3/b27-24+/t61-/m1/s1. The Balaban J connectivity index is 4.28. The molecule has 0 spiro atoms. The van der Waals surface area contributed by atoms with E-state index in [0.717, 1.165) is 64.2 Å². The molecule has 1 atom stereocenters. The first-order valence-corrected chi connectivity index (χ1v) is 31.7. The molecule has 0 amide bonds. The molecule has 0 heterocycles. The van der Waals surface area contributed by atoms with Gasteiger partial charge in [0, 0.05) is 19.3 Å². The molecule has 0 N–H and O–H groups in total. The number of ether oxygens (including phenoxy) is 3. The van der Waals surface area contributed by atoms with Crippen molar-refractivity contribution in [1.82, 2.24) is 0 Å². The fourth-order valence-electron chi connectivity index (χ4n) is 9.74. The highest BCUT2D eigenvalue weighted by atomic mass is 16.6. The van der Waals surface area contributed by atoms with Crippen LogP contribution in [0.1, 0.15) is 361 Å². The first kappa shape index (κ1) is 68.2. The topological polar surface area (TPSA) is 78.9 Å². The molecule has 0 aromatic heterocycles. The summed E-state index contributed by atoms with van der Waals surface area (Å²) in [6.45, 7) is 6.70. The Bertz CT molecular complexity index is 1090. The van der Waals surface area contributed by atoms with Gasteiger partial charge in [0.2, 0.25) is 0 Å². The molecule has 0 saturated carbocycles. The van der Waals surface area contributed by atoms with Gasteiger partial charge in [-0.2, -0.15) is 0 Å². The van der Waals surface area contributed by atoms with Crippen LogP contribution in [0.4, 0.5) is 0 Å². The van der Waals surface area contributed by atoms with Crippen LogP contribution in [0.5, 0.6) is 0 Å². The van der Waals surface area contributed by atoms with Crippen LogP contribution in [0.3, 0.4) is 0 Å². The molecule has 0 saturated heterocycles. The molecular formula is C64H122O6. The lowest BCUT2D eigenvalue weighted by atomic mass is 10.0. The van der Waals surface area contributed by atoms with Gasteiger partial charge in [-0.15, -0.1) is 0 Å². The first-order valence-electron chi connectivity index (χ1n) is 31.7. The minimum Gasteiger partial charge on any atom is -0.462 e. The van der Waals surface area contributed by atoms with E-state index < -0.39 is 6.10 Å². The summed E-state index contributed by atoms with van der Waals surface area (Å²) in [5, 5.41) is 0. The van der Waals surface area contributed by atoms with Crippen molar-refractivity contribution in [1.29, 1.82) is 0 Å². The quantitative estimate of drug-likeness (QED) is 0.0261. The van der Waals surface area contributed by atoms with Crippen molar-refractivity contribution in [2.24, 2.45) is 0 Å². The van der Waals surface area contributed by atoms with Crippen molar-refractivity contribution in [3.05, 3.63) is 12.2 Å². The highest BCUT2D eigenvalue weighted by Crippen LogP contribution is 2.18. The summed E-state index contributed by atoms with van der Waals surface area (Å²) in [6.07, 6.45) is 69.3. The van der Waals surface area contributed by atoms with Gasteiger partial charge in [0.25, 0.3) is 0 Å². The van der Waals surface area contributed by atoms with E-state index >= 15 is 0 Å². The third-order valence-corrected chi connectivity index (χ3v) is 14.5. The summed E-state index contributed by atoms with van der Waals surface area (Å²) in [7, 11) is 0. The normalized spacial score (nSPS) is 12.0. The molecule has 0 rings (SSSR count). The third kappa shape index (κ3) is 57.1. The highest BCUT2D eigenvalue weighted by Gasteiger charge is 2.19. The van der Waals surface area contributed by atoms with E-state index in [1.54, 1.807) is 0 Å². The lowest BCUT2D eigenvalue weighted by Crippen LogP contribution is -2.30. The van der Waals surface area contributed by atoms with Gasteiger partial charge in [-0.05, 0) is 44.9 Å². The molecule has 0 aliphatic rings. The number of hydrogen-bond acceptors (Lipinski definition) is 6. The number of carbonyl (C=O) groups is 3. The molecule has 0 bridgehead atoms. The number of rotatable bonds is 59. The van der Waals surface area contributed by atoms with Gasteiger partial charge in [-0.25, -0.2) is 0 Å². The van der Waals surface area contributed by atoms with Crippen LogP contribution in [0, 0.1) is 0 Å². The second kappa shape index (κ2) is 59.7. The van der Waals surface area contributed by atoms with Gasteiger partial charge < -0.3 is 14.2 Å². The molecule has 0 aliphatic heterocycles. The molecule has 0 aromatic rings. The zero-order valence-corrected chi connectivity index (χ0v) is 47.6. The summed E-state index contributed by atoms with van der Waals surface area (Å²) in [4.78, 5) is 38.3. The van der Waals surface area contributed by atoms with E-state index in [9.17, 15) is 14.4 Å². The summed E-state index contributed by atoms with van der Waals surface area (Å²) in [6, 6.07) is 0. The zero-order valence-electron chi connectivity index (χ0n) is 47.6. The molecular weight excluding hydrogens is 865 g/mol. The van der Waals surface area contributed by atoms with Crippen LogP contribution in [-0.4, -0.2) is 37.2 Å². The predicted molar refractivity (Wildman–Crippen MR) is 303 cm³/mol. The van der Waals surface area contributed by atoms with Crippen LogP contribution in [0.2, 0.25) is 0 Å². The van der Waals surface area contributed by atoms with Gasteiger partial charge in [0.05, 0.1) is 0 Å². The lowest BCUT2D eigenvalue weighted by molar-refractivity contribution is -0.167. The molecule has 6 heteroatoms. The minimum absolute atomic E-state index is 0.0660. The summed E-state index contributed by atoms with van der Waals surface area (Å²) < 4.78 is 16.9. The molecule has 414 valence electrons. The Morgan fingerprint density at radius 3 is 0.714 bits per heavy atom. The SMILES string of the molecule is CCCCCCC/C=C/CCCCCCCC(=O)OC[C@H](COC(=O)CCCCCCCCCCCCCCCCCCCCC)OC(=O)CCCCCCCCCCCCCCCCCCCCC. The fourth-order valence-corrected chi connectivity index (χ4v) is 9.74. The van der Waals surface area contributed by atoms with Crippen LogP contribution < -0.4 is 0 Å². The maximum Gasteiger partial charge on any atom is 0.306 e. The average Bonchev–Trinajstić information content (AvgIpc) is 3.36. The van der Waals surface area contributed by atoms with E-state index in [1.165, 1.54) is 257 Å². The average molecular weight is 988 g/mol. The molecule has 0 radical (unpaired) electrons. The maximum absolute atomic E-state index is 12.9. The molecule has 0 fully saturated rings. The van der Waals surface area contributed by atoms with Crippen LogP contribution in [-0.2, 0) is 28.6 Å². The van der Waals surface area contributed by atoms with Crippen molar-refractivity contribution >= 4 is 17.9 Å². The number of hydrogen-bond donors (Lipinski definition) is 0. The Morgan fingerprint density at radius 1 is 0.271 bits per heavy atom. The van der Waals surface area contributed by atoms with Crippen molar-refractivity contribution in [2.45, 2.75) is 367 Å². The van der Waals surface area contributed by atoms with Crippen LogP contribution >= 0.6 is 0 Å². The van der Waals surface area contributed by atoms with E-state index in [1.807, 2.05) is 0 Å². The summed E-state index contributed by atoms with van der Waals surface area (Å²) in [5.41, 5.74) is 0. The first-order chi connectivity index (χ1) is 34.5. The maximum atomic E-state index is 12.9. The van der Waals surface area contributed by atoms with Crippen molar-refractivity contribution < 1.29 is 28.6 Å². The van der Waals surface area contributed by atoms with Crippen molar-refractivity contribution in [2.75, 3.05) is 13.2 Å². The molecule has 0 unspecified atom stereocenters. The van der Waals surface area contributed by atoms with Gasteiger partial charge in [0.1, 0.15) is 13.2 Å². The van der Waals surface area contributed by atoms with Gasteiger partial charge in [-0.1, -0.05) is 309 Å². The summed E-state index contributed by atoms with van der Waals surface area (Å²) >= 11 is 0. The molecule has 70 heavy (non-hydrogen) atoms. The summed E-state index contributed by atoms with van der Waals surface area (Å²) in [5.74, 6) is -0.845. The Morgan fingerprint density at radius 2 is 0.471 bits per heavy atom. The van der Waals surface area contributed by atoms with Crippen LogP contribution in [0.25, 0.3) is 0 Å². The number of allylic oxidation sites excluding steroid dienone is 2. The van der Waals surface area contributed by atoms with Gasteiger partial charge in [-0.3, -0.25) is 14.4 Å². The smallest absolute Gasteiger partial charge is 0.306 e. The number of carbonyl (C=O) groups excluding carboxylic acids is 3. The van der Waals surface area contributed by atoms with Gasteiger partial charge >= 0.3 is 17.9 Å².